The highest BCUT2D eigenvalue weighted by atomic mass is 19.1. The van der Waals surface area contributed by atoms with E-state index in [1.807, 2.05) is 0 Å². The minimum absolute atomic E-state index is 0.0152. The fourth-order valence-electron chi connectivity index (χ4n) is 2.60. The van der Waals surface area contributed by atoms with Gasteiger partial charge in [0.25, 0.3) is 0 Å². The zero-order valence-corrected chi connectivity index (χ0v) is 11.7. The van der Waals surface area contributed by atoms with Crippen LogP contribution in [0.4, 0.5) is 15.8 Å². The minimum atomic E-state index is -0.556. The Bertz CT molecular complexity index is 485. The first-order valence-electron chi connectivity index (χ1n) is 6.99. The fourth-order valence-corrected chi connectivity index (χ4v) is 2.60. The molecular formula is C15H21FN2O2. The fraction of sp³-hybridized carbons (Fsp3) is 0.533. The monoisotopic (exact) mass is 280 g/mol. The summed E-state index contributed by atoms with van der Waals surface area (Å²) >= 11 is 0. The standard InChI is InChI=1S/C15H21FN2O2/c1-20-9-15(19)11-7-13(17)14(8-12(11)16)18-10-5-3-2-4-6-10/h7-8,10,18H,2-6,9,17H2,1H3. The van der Waals surface area contributed by atoms with E-state index < -0.39 is 11.6 Å². The predicted molar refractivity (Wildman–Crippen MR) is 77.5 cm³/mol. The second-order valence-electron chi connectivity index (χ2n) is 5.25. The largest absolute Gasteiger partial charge is 0.397 e. The first-order chi connectivity index (χ1) is 9.61. The Morgan fingerprint density at radius 1 is 1.40 bits per heavy atom. The number of benzene rings is 1. The van der Waals surface area contributed by atoms with Crippen LogP contribution in [-0.2, 0) is 4.74 Å². The molecule has 1 aliphatic rings. The van der Waals surface area contributed by atoms with E-state index in [1.165, 1.54) is 38.5 Å². The molecule has 0 heterocycles. The normalized spacial score (nSPS) is 16.1. The van der Waals surface area contributed by atoms with E-state index >= 15 is 0 Å². The number of ether oxygens (including phenoxy) is 1. The number of carbonyl (C=O) groups excluding carboxylic acids is 1. The number of hydrogen-bond acceptors (Lipinski definition) is 4. The Balaban J connectivity index is 2.14. The first-order valence-corrected chi connectivity index (χ1v) is 6.99. The number of carbonyl (C=O) groups is 1. The van der Waals surface area contributed by atoms with Crippen LogP contribution >= 0.6 is 0 Å². The molecule has 1 fully saturated rings. The zero-order valence-electron chi connectivity index (χ0n) is 11.7. The molecule has 0 spiro atoms. The van der Waals surface area contributed by atoms with E-state index in [4.69, 9.17) is 10.5 Å². The highest BCUT2D eigenvalue weighted by Gasteiger charge is 2.18. The molecule has 2 rings (SSSR count). The lowest BCUT2D eigenvalue weighted by Gasteiger charge is -2.24. The van der Waals surface area contributed by atoms with Gasteiger partial charge in [0.05, 0.1) is 16.9 Å². The van der Waals surface area contributed by atoms with Crippen LogP contribution in [0.25, 0.3) is 0 Å². The second-order valence-corrected chi connectivity index (χ2v) is 5.25. The third-order valence-electron chi connectivity index (χ3n) is 3.68. The average molecular weight is 280 g/mol. The molecule has 0 radical (unpaired) electrons. The van der Waals surface area contributed by atoms with Crippen LogP contribution in [0.3, 0.4) is 0 Å². The maximum Gasteiger partial charge on any atom is 0.191 e. The quantitative estimate of drug-likeness (QED) is 0.643. The van der Waals surface area contributed by atoms with Crippen molar-refractivity contribution in [2.75, 3.05) is 24.8 Å². The van der Waals surface area contributed by atoms with Crippen LogP contribution in [0.1, 0.15) is 42.5 Å². The van der Waals surface area contributed by atoms with Crippen molar-refractivity contribution < 1.29 is 13.9 Å². The Morgan fingerprint density at radius 2 is 2.10 bits per heavy atom. The molecule has 1 aromatic carbocycles. The van der Waals surface area contributed by atoms with Crippen molar-refractivity contribution in [1.82, 2.24) is 0 Å². The number of nitrogen functional groups attached to an aromatic ring is 1. The number of halogens is 1. The molecule has 0 aromatic heterocycles. The summed E-state index contributed by atoms with van der Waals surface area (Å²) in [4.78, 5) is 11.7. The van der Waals surface area contributed by atoms with E-state index in [2.05, 4.69) is 5.32 Å². The predicted octanol–water partition coefficient (Wildman–Crippen LogP) is 2.98. The van der Waals surface area contributed by atoms with Crippen molar-refractivity contribution in [3.63, 3.8) is 0 Å². The van der Waals surface area contributed by atoms with E-state index in [0.29, 0.717) is 17.4 Å². The molecule has 1 saturated carbocycles. The molecule has 1 aliphatic carbocycles. The molecule has 0 unspecified atom stereocenters. The highest BCUT2D eigenvalue weighted by molar-refractivity contribution is 5.99. The van der Waals surface area contributed by atoms with Gasteiger partial charge in [0, 0.05) is 13.2 Å². The van der Waals surface area contributed by atoms with Gasteiger partial charge >= 0.3 is 0 Å². The maximum absolute atomic E-state index is 14.0. The zero-order chi connectivity index (χ0) is 14.5. The van der Waals surface area contributed by atoms with Gasteiger partial charge in [-0.3, -0.25) is 4.79 Å². The molecule has 0 amide bonds. The Hall–Kier alpha value is -1.62. The maximum atomic E-state index is 14.0. The van der Waals surface area contributed by atoms with Crippen molar-refractivity contribution in [1.29, 1.82) is 0 Å². The molecule has 20 heavy (non-hydrogen) atoms. The van der Waals surface area contributed by atoms with Crippen molar-refractivity contribution in [2.45, 2.75) is 38.1 Å². The van der Waals surface area contributed by atoms with Crippen LogP contribution in [0.5, 0.6) is 0 Å². The van der Waals surface area contributed by atoms with Crippen molar-refractivity contribution in [2.24, 2.45) is 0 Å². The molecular weight excluding hydrogens is 259 g/mol. The number of anilines is 2. The molecule has 0 saturated heterocycles. The lowest BCUT2D eigenvalue weighted by Crippen LogP contribution is -2.23. The Kier molecular flexibility index (Phi) is 4.95. The van der Waals surface area contributed by atoms with Gasteiger partial charge in [-0.1, -0.05) is 19.3 Å². The highest BCUT2D eigenvalue weighted by Crippen LogP contribution is 2.27. The number of hydrogen-bond donors (Lipinski definition) is 2. The van der Waals surface area contributed by atoms with Gasteiger partial charge in [-0.2, -0.15) is 0 Å². The van der Waals surface area contributed by atoms with Gasteiger partial charge in [0.1, 0.15) is 12.4 Å². The van der Waals surface area contributed by atoms with Gasteiger partial charge in [-0.05, 0) is 25.0 Å². The Morgan fingerprint density at radius 3 is 2.75 bits per heavy atom. The third-order valence-corrected chi connectivity index (χ3v) is 3.68. The van der Waals surface area contributed by atoms with E-state index in [0.717, 1.165) is 12.8 Å². The SMILES string of the molecule is COCC(=O)c1cc(N)c(NC2CCCCC2)cc1F. The van der Waals surface area contributed by atoms with Crippen LogP contribution < -0.4 is 11.1 Å². The van der Waals surface area contributed by atoms with Gasteiger partial charge in [-0.15, -0.1) is 0 Å². The summed E-state index contributed by atoms with van der Waals surface area (Å²) in [7, 11) is 1.40. The topological polar surface area (TPSA) is 64.3 Å². The number of nitrogens with two attached hydrogens (primary N) is 1. The van der Waals surface area contributed by atoms with Crippen molar-refractivity contribution >= 4 is 17.2 Å². The molecule has 4 nitrogen and oxygen atoms in total. The summed E-state index contributed by atoms with van der Waals surface area (Å²) in [5.74, 6) is -0.958. The summed E-state index contributed by atoms with van der Waals surface area (Å²) in [6, 6.07) is 3.04. The lowest BCUT2D eigenvalue weighted by atomic mass is 9.95. The van der Waals surface area contributed by atoms with Crippen molar-refractivity contribution in [3.8, 4) is 0 Å². The van der Waals surface area contributed by atoms with E-state index in [9.17, 15) is 9.18 Å². The van der Waals surface area contributed by atoms with Crippen LogP contribution in [0, 0.1) is 5.82 Å². The first kappa shape index (κ1) is 14.8. The summed E-state index contributed by atoms with van der Waals surface area (Å²) in [6.45, 7) is -0.147. The summed E-state index contributed by atoms with van der Waals surface area (Å²) in [6.07, 6.45) is 5.78. The minimum Gasteiger partial charge on any atom is -0.397 e. The van der Waals surface area contributed by atoms with Gasteiger partial charge in [-0.25, -0.2) is 4.39 Å². The summed E-state index contributed by atoms with van der Waals surface area (Å²) in [5.41, 5.74) is 6.88. The number of ketones is 1. The lowest BCUT2D eigenvalue weighted by molar-refractivity contribution is 0.0844. The average Bonchev–Trinajstić information content (AvgIpc) is 2.44. The number of rotatable bonds is 5. The molecule has 110 valence electrons. The van der Waals surface area contributed by atoms with E-state index in [-0.39, 0.29) is 12.2 Å². The van der Waals surface area contributed by atoms with Crippen LogP contribution in [0.2, 0.25) is 0 Å². The smallest absolute Gasteiger partial charge is 0.191 e. The molecule has 3 N–H and O–H groups in total. The van der Waals surface area contributed by atoms with Gasteiger partial charge in [0.2, 0.25) is 0 Å². The Labute approximate surface area is 118 Å². The molecule has 1 aromatic rings. The number of nitrogens with one attached hydrogen (secondary N) is 1. The van der Waals surface area contributed by atoms with Crippen molar-refractivity contribution in [3.05, 3.63) is 23.5 Å². The molecule has 0 atom stereocenters. The third kappa shape index (κ3) is 3.48. The van der Waals surface area contributed by atoms with Gasteiger partial charge in [0.15, 0.2) is 5.78 Å². The van der Waals surface area contributed by atoms with Crippen LogP contribution in [-0.4, -0.2) is 25.5 Å². The van der Waals surface area contributed by atoms with E-state index in [1.54, 1.807) is 0 Å². The molecule has 5 heteroatoms. The summed E-state index contributed by atoms with van der Waals surface area (Å²) < 4.78 is 18.7. The van der Waals surface area contributed by atoms with Crippen LogP contribution in [0.15, 0.2) is 12.1 Å². The second kappa shape index (κ2) is 6.70. The number of methoxy groups -OCH3 is 1. The number of Topliss-reactive ketones (excluding diaryl/α,β-unsaturated/α-hetero) is 1. The molecule has 0 aliphatic heterocycles. The summed E-state index contributed by atoms with van der Waals surface area (Å²) in [5, 5.41) is 3.28. The van der Waals surface area contributed by atoms with Gasteiger partial charge < -0.3 is 15.8 Å². The molecule has 0 bridgehead atoms.